The third-order valence-electron chi connectivity index (χ3n) is 3.92. The van der Waals surface area contributed by atoms with E-state index in [9.17, 15) is 4.79 Å². The summed E-state index contributed by atoms with van der Waals surface area (Å²) in [5.74, 6) is 0.495. The molecular formula is C13H27N3O. The van der Waals surface area contributed by atoms with E-state index < -0.39 is 11.4 Å². The van der Waals surface area contributed by atoms with Gasteiger partial charge in [0.25, 0.3) is 0 Å². The van der Waals surface area contributed by atoms with Crippen LogP contribution in [0.25, 0.3) is 0 Å². The number of carbonyl (C=O) groups is 1. The maximum Gasteiger partial charge on any atom is 0.237 e. The van der Waals surface area contributed by atoms with E-state index >= 15 is 0 Å². The zero-order valence-electron chi connectivity index (χ0n) is 11.2. The third-order valence-corrected chi connectivity index (χ3v) is 3.92. The lowest BCUT2D eigenvalue weighted by atomic mass is 9.85. The molecule has 0 aromatic rings. The molecule has 0 aliphatic heterocycles. The fraction of sp³-hybridized carbons (Fsp3) is 0.923. The minimum Gasteiger partial charge on any atom is -0.368 e. The minimum atomic E-state index is -0.851. The predicted octanol–water partition coefficient (Wildman–Crippen LogP) is 1.09. The molecule has 1 saturated carbocycles. The van der Waals surface area contributed by atoms with Crippen LogP contribution in [0.3, 0.4) is 0 Å². The van der Waals surface area contributed by atoms with Gasteiger partial charge in [0.2, 0.25) is 5.91 Å². The molecule has 0 radical (unpaired) electrons. The fourth-order valence-corrected chi connectivity index (χ4v) is 2.21. The van der Waals surface area contributed by atoms with Crippen molar-refractivity contribution in [1.29, 1.82) is 0 Å². The Labute approximate surface area is 105 Å². The molecule has 4 N–H and O–H groups in total. The smallest absolute Gasteiger partial charge is 0.237 e. The lowest BCUT2D eigenvalue weighted by Gasteiger charge is -2.32. The van der Waals surface area contributed by atoms with Gasteiger partial charge < -0.3 is 16.4 Å². The first-order chi connectivity index (χ1) is 7.95. The molecule has 0 spiro atoms. The molecule has 1 unspecified atom stereocenters. The van der Waals surface area contributed by atoms with Crippen molar-refractivity contribution in [3.63, 3.8) is 0 Å². The van der Waals surface area contributed by atoms with E-state index in [0.29, 0.717) is 6.42 Å². The van der Waals surface area contributed by atoms with E-state index in [-0.39, 0.29) is 0 Å². The molecule has 1 aliphatic carbocycles. The van der Waals surface area contributed by atoms with Gasteiger partial charge in [0.15, 0.2) is 0 Å². The Morgan fingerprint density at radius 1 is 1.47 bits per heavy atom. The normalized spacial score (nSPS) is 20.0. The molecule has 1 rings (SSSR count). The Morgan fingerprint density at radius 2 is 2.12 bits per heavy atom. The predicted molar refractivity (Wildman–Crippen MR) is 70.5 cm³/mol. The zero-order chi connectivity index (χ0) is 12.9. The van der Waals surface area contributed by atoms with Crippen molar-refractivity contribution in [2.75, 3.05) is 19.6 Å². The van der Waals surface area contributed by atoms with Gasteiger partial charge in [-0.25, -0.2) is 0 Å². The molecule has 0 saturated heterocycles. The molecule has 100 valence electrons. The topological polar surface area (TPSA) is 72.3 Å². The van der Waals surface area contributed by atoms with Gasteiger partial charge >= 0.3 is 0 Å². The van der Waals surface area contributed by atoms with Gasteiger partial charge in [0.1, 0.15) is 0 Å². The van der Waals surface area contributed by atoms with Gasteiger partial charge in [0.05, 0.1) is 5.54 Å². The molecule has 1 amide bonds. The Morgan fingerprint density at radius 3 is 2.53 bits per heavy atom. The first-order valence-corrected chi connectivity index (χ1v) is 6.77. The summed E-state index contributed by atoms with van der Waals surface area (Å²) in [6.45, 7) is 7.21. The number of hydrogen-bond acceptors (Lipinski definition) is 3. The number of carbonyl (C=O) groups excluding carboxylic acids is 1. The summed E-state index contributed by atoms with van der Waals surface area (Å²) in [6, 6.07) is 0. The molecule has 0 bridgehead atoms. The Hall–Kier alpha value is -0.610. The van der Waals surface area contributed by atoms with Crippen LogP contribution in [0, 0.1) is 5.92 Å². The van der Waals surface area contributed by atoms with Crippen molar-refractivity contribution in [2.24, 2.45) is 17.4 Å². The summed E-state index contributed by atoms with van der Waals surface area (Å²) in [4.78, 5) is 13.5. The van der Waals surface area contributed by atoms with E-state index in [1.54, 1.807) is 6.92 Å². The summed E-state index contributed by atoms with van der Waals surface area (Å²) in [5, 5.41) is 0. The maximum atomic E-state index is 11.1. The van der Waals surface area contributed by atoms with Crippen LogP contribution >= 0.6 is 0 Å². The highest BCUT2D eigenvalue weighted by atomic mass is 16.1. The number of rotatable bonds is 8. The van der Waals surface area contributed by atoms with Crippen molar-refractivity contribution >= 4 is 5.91 Å². The molecule has 1 fully saturated rings. The first kappa shape index (κ1) is 14.5. The Bertz CT molecular complexity index is 249. The Balaban J connectivity index is 2.20. The van der Waals surface area contributed by atoms with Gasteiger partial charge in [-0.1, -0.05) is 13.3 Å². The van der Waals surface area contributed by atoms with Crippen molar-refractivity contribution in [3.05, 3.63) is 0 Å². The molecule has 0 aromatic carbocycles. The van der Waals surface area contributed by atoms with E-state index in [2.05, 4.69) is 11.8 Å². The third kappa shape index (κ3) is 4.64. The number of hydrogen-bond donors (Lipinski definition) is 2. The largest absolute Gasteiger partial charge is 0.368 e. The number of nitrogens with two attached hydrogens (primary N) is 2. The van der Waals surface area contributed by atoms with Crippen LogP contribution < -0.4 is 11.5 Å². The molecule has 4 heteroatoms. The van der Waals surface area contributed by atoms with Crippen LogP contribution in [0.2, 0.25) is 0 Å². The second-order valence-electron chi connectivity index (χ2n) is 5.58. The lowest BCUT2D eigenvalue weighted by molar-refractivity contribution is -0.122. The minimum absolute atomic E-state index is 0.403. The van der Waals surface area contributed by atoms with Gasteiger partial charge in [0, 0.05) is 6.54 Å². The summed E-state index contributed by atoms with van der Waals surface area (Å²) in [5.41, 5.74) is 10.2. The molecule has 0 heterocycles. The number of nitrogens with zero attached hydrogens (tertiary/aromatic N) is 1. The summed E-state index contributed by atoms with van der Waals surface area (Å²) < 4.78 is 0. The van der Waals surface area contributed by atoms with E-state index in [1.807, 2.05) is 0 Å². The van der Waals surface area contributed by atoms with E-state index in [1.165, 1.54) is 25.8 Å². The zero-order valence-corrected chi connectivity index (χ0v) is 11.2. The van der Waals surface area contributed by atoms with Crippen LogP contribution in [0.5, 0.6) is 0 Å². The van der Waals surface area contributed by atoms with Crippen LogP contribution in [0.4, 0.5) is 0 Å². The van der Waals surface area contributed by atoms with Gasteiger partial charge in [-0.2, -0.15) is 0 Å². The average Bonchev–Trinajstić information content (AvgIpc) is 2.20. The van der Waals surface area contributed by atoms with Crippen LogP contribution in [0.15, 0.2) is 0 Å². The first-order valence-electron chi connectivity index (χ1n) is 6.77. The molecule has 4 nitrogen and oxygen atoms in total. The van der Waals surface area contributed by atoms with Gasteiger partial charge in [-0.15, -0.1) is 0 Å². The summed E-state index contributed by atoms with van der Waals surface area (Å²) >= 11 is 0. The standard InChI is InChI=1S/C13H27N3O/c1-3-16(10-11-6-4-7-11)9-5-8-13(2,15)12(14)17/h11H,3-10,15H2,1-2H3,(H2,14,17). The molecule has 17 heavy (non-hydrogen) atoms. The van der Waals surface area contributed by atoms with Crippen LogP contribution in [-0.4, -0.2) is 36.0 Å². The number of amides is 1. The number of primary amides is 1. The highest BCUT2D eigenvalue weighted by Crippen LogP contribution is 2.27. The second-order valence-corrected chi connectivity index (χ2v) is 5.58. The molecule has 1 atom stereocenters. The van der Waals surface area contributed by atoms with Crippen molar-refractivity contribution < 1.29 is 4.79 Å². The lowest BCUT2D eigenvalue weighted by Crippen LogP contribution is -2.49. The monoisotopic (exact) mass is 241 g/mol. The van der Waals surface area contributed by atoms with Crippen LogP contribution in [-0.2, 0) is 4.79 Å². The molecule has 1 aliphatic rings. The summed E-state index contributed by atoms with van der Waals surface area (Å²) in [6.07, 6.45) is 5.77. The van der Waals surface area contributed by atoms with Gasteiger partial charge in [-0.3, -0.25) is 4.79 Å². The van der Waals surface area contributed by atoms with Crippen molar-refractivity contribution in [1.82, 2.24) is 4.90 Å². The van der Waals surface area contributed by atoms with E-state index in [0.717, 1.165) is 25.4 Å². The van der Waals surface area contributed by atoms with Gasteiger partial charge in [-0.05, 0) is 51.6 Å². The Kier molecular flexibility index (Phi) is 5.40. The van der Waals surface area contributed by atoms with Crippen molar-refractivity contribution in [3.8, 4) is 0 Å². The molecular weight excluding hydrogens is 214 g/mol. The SMILES string of the molecule is CCN(CCCC(C)(N)C(N)=O)CC1CCC1. The quantitative estimate of drug-likeness (QED) is 0.668. The second kappa shape index (κ2) is 6.36. The summed E-state index contributed by atoms with van der Waals surface area (Å²) in [7, 11) is 0. The van der Waals surface area contributed by atoms with E-state index in [4.69, 9.17) is 11.5 Å². The highest BCUT2D eigenvalue weighted by Gasteiger charge is 2.25. The molecule has 0 aromatic heterocycles. The van der Waals surface area contributed by atoms with Crippen LogP contribution in [0.1, 0.15) is 46.0 Å². The highest BCUT2D eigenvalue weighted by molar-refractivity contribution is 5.83. The fourth-order valence-electron chi connectivity index (χ4n) is 2.21. The van der Waals surface area contributed by atoms with Crippen molar-refractivity contribution in [2.45, 2.75) is 51.5 Å². The maximum absolute atomic E-state index is 11.1. The average molecular weight is 241 g/mol.